The van der Waals surface area contributed by atoms with Crippen LogP contribution in [0.4, 0.5) is 0 Å². The van der Waals surface area contributed by atoms with Crippen LogP contribution in [-0.4, -0.2) is 38.4 Å². The average molecular weight is 484 g/mol. The summed E-state index contributed by atoms with van der Waals surface area (Å²) >= 11 is 0. The molecule has 0 atom stereocenters. The number of fused-ring (bicyclic) bond motifs is 1. The smallest absolute Gasteiger partial charge is 0.339 e. The first-order chi connectivity index (χ1) is 16.2. The SMILES string of the molecule is CCCc1nc2ccccc2c(C(=O)OCC(=O)NCCc2ccc(S(N)(=O)=O)cc2)c1CC. The van der Waals surface area contributed by atoms with E-state index in [4.69, 9.17) is 14.9 Å². The summed E-state index contributed by atoms with van der Waals surface area (Å²) in [6.07, 6.45) is 2.78. The largest absolute Gasteiger partial charge is 0.452 e. The van der Waals surface area contributed by atoms with Gasteiger partial charge in [-0.05, 0) is 48.6 Å². The number of carbonyl (C=O) groups excluding carboxylic acids is 2. The Labute approximate surface area is 199 Å². The molecule has 0 aliphatic carbocycles. The number of rotatable bonds is 10. The van der Waals surface area contributed by atoms with Gasteiger partial charge in [-0.3, -0.25) is 9.78 Å². The Hall–Kier alpha value is -3.30. The van der Waals surface area contributed by atoms with Crippen molar-refractivity contribution in [3.05, 3.63) is 70.9 Å². The maximum absolute atomic E-state index is 13.0. The van der Waals surface area contributed by atoms with Gasteiger partial charge in [0, 0.05) is 17.6 Å². The maximum atomic E-state index is 13.0. The molecule has 2 aromatic carbocycles. The Bertz CT molecular complexity index is 1290. The quantitative estimate of drug-likeness (QED) is 0.427. The molecule has 0 bridgehead atoms. The molecule has 1 heterocycles. The molecule has 1 amide bonds. The number of aryl methyl sites for hydroxylation is 1. The van der Waals surface area contributed by atoms with Crippen LogP contribution in [0.1, 0.15) is 47.4 Å². The van der Waals surface area contributed by atoms with Gasteiger partial charge in [-0.2, -0.15) is 0 Å². The number of primary sulfonamides is 1. The number of nitrogens with two attached hydrogens (primary N) is 1. The number of amides is 1. The molecule has 0 radical (unpaired) electrons. The van der Waals surface area contributed by atoms with E-state index in [-0.39, 0.29) is 4.90 Å². The zero-order valence-electron chi connectivity index (χ0n) is 19.3. The molecule has 1 aromatic heterocycles. The number of aromatic nitrogens is 1. The van der Waals surface area contributed by atoms with Crippen LogP contribution < -0.4 is 10.5 Å². The van der Waals surface area contributed by atoms with Gasteiger partial charge in [0.1, 0.15) is 0 Å². The summed E-state index contributed by atoms with van der Waals surface area (Å²) < 4.78 is 28.0. The number of benzene rings is 2. The minimum Gasteiger partial charge on any atom is -0.452 e. The van der Waals surface area contributed by atoms with Gasteiger partial charge in [-0.25, -0.2) is 18.4 Å². The summed E-state index contributed by atoms with van der Waals surface area (Å²) in [5.74, 6) is -0.957. The lowest BCUT2D eigenvalue weighted by molar-refractivity contribution is -0.124. The lowest BCUT2D eigenvalue weighted by Crippen LogP contribution is -2.30. The minimum atomic E-state index is -3.74. The van der Waals surface area contributed by atoms with Gasteiger partial charge in [-0.1, -0.05) is 50.6 Å². The second-order valence-electron chi connectivity index (χ2n) is 7.90. The standard InChI is InChI=1S/C25H29N3O5S/c1-3-7-21-19(4-2)24(20-8-5-6-9-22(20)28-21)25(30)33-16-23(29)27-15-14-17-10-12-18(13-11-17)34(26,31)32/h5-6,8-13H,3-4,7,14-16H2,1-2H3,(H,27,29)(H2,26,31,32). The van der Waals surface area contributed by atoms with Crippen LogP contribution >= 0.6 is 0 Å². The van der Waals surface area contributed by atoms with E-state index in [1.807, 2.05) is 31.2 Å². The summed E-state index contributed by atoms with van der Waals surface area (Å²) in [4.78, 5) is 30.0. The van der Waals surface area contributed by atoms with Gasteiger partial charge in [0.2, 0.25) is 10.0 Å². The highest BCUT2D eigenvalue weighted by atomic mass is 32.2. The lowest BCUT2D eigenvalue weighted by Gasteiger charge is -2.15. The normalized spacial score (nSPS) is 11.4. The van der Waals surface area contributed by atoms with Crippen LogP contribution in [0.25, 0.3) is 10.9 Å². The van der Waals surface area contributed by atoms with Crippen LogP contribution in [-0.2, 0) is 38.8 Å². The van der Waals surface area contributed by atoms with E-state index >= 15 is 0 Å². The fourth-order valence-corrected chi connectivity index (χ4v) is 4.32. The number of esters is 1. The molecule has 0 unspecified atom stereocenters. The zero-order chi connectivity index (χ0) is 24.7. The molecule has 3 rings (SSSR count). The van der Waals surface area contributed by atoms with Crippen molar-refractivity contribution in [3.8, 4) is 0 Å². The second-order valence-corrected chi connectivity index (χ2v) is 9.46. The molecule has 0 spiro atoms. The first-order valence-electron chi connectivity index (χ1n) is 11.2. The molecule has 0 saturated heterocycles. The summed E-state index contributed by atoms with van der Waals surface area (Å²) in [5, 5.41) is 8.51. The summed E-state index contributed by atoms with van der Waals surface area (Å²) in [6.45, 7) is 3.95. The molecule has 8 nitrogen and oxygen atoms in total. The first kappa shape index (κ1) is 25.3. The van der Waals surface area contributed by atoms with Crippen molar-refractivity contribution in [2.75, 3.05) is 13.2 Å². The third-order valence-corrected chi connectivity index (χ3v) is 6.37. The number of nitrogens with zero attached hydrogens (tertiary/aromatic N) is 1. The molecule has 9 heteroatoms. The number of pyridine rings is 1. The summed E-state index contributed by atoms with van der Waals surface area (Å²) in [7, 11) is -3.74. The van der Waals surface area contributed by atoms with Crippen molar-refractivity contribution in [3.63, 3.8) is 0 Å². The topological polar surface area (TPSA) is 128 Å². The second kappa shape index (κ2) is 11.2. The van der Waals surface area contributed by atoms with Crippen LogP contribution in [0.2, 0.25) is 0 Å². The first-order valence-corrected chi connectivity index (χ1v) is 12.7. The van der Waals surface area contributed by atoms with Crippen LogP contribution in [0.15, 0.2) is 53.4 Å². The van der Waals surface area contributed by atoms with E-state index < -0.39 is 28.5 Å². The van der Waals surface area contributed by atoms with E-state index in [9.17, 15) is 18.0 Å². The Balaban J connectivity index is 1.62. The van der Waals surface area contributed by atoms with Gasteiger partial charge in [0.15, 0.2) is 6.61 Å². The third-order valence-electron chi connectivity index (χ3n) is 5.45. The number of carbonyl (C=O) groups is 2. The lowest BCUT2D eigenvalue weighted by atomic mass is 9.96. The molecule has 0 aliphatic rings. The van der Waals surface area contributed by atoms with E-state index in [0.29, 0.717) is 30.3 Å². The molecule has 3 aromatic rings. The average Bonchev–Trinajstić information content (AvgIpc) is 2.81. The number of nitrogens with one attached hydrogen (secondary N) is 1. The predicted molar refractivity (Wildman–Crippen MR) is 130 cm³/mol. The third kappa shape index (κ3) is 6.18. The predicted octanol–water partition coefficient (Wildman–Crippen LogP) is 2.91. The summed E-state index contributed by atoms with van der Waals surface area (Å²) in [6, 6.07) is 13.6. The molecule has 0 fully saturated rings. The van der Waals surface area contributed by atoms with Crippen LogP contribution in [0, 0.1) is 0 Å². The number of hydrogen-bond acceptors (Lipinski definition) is 6. The Kier molecular flexibility index (Phi) is 8.36. The molecule has 180 valence electrons. The van der Waals surface area contributed by atoms with Crippen molar-refractivity contribution >= 4 is 32.8 Å². The van der Waals surface area contributed by atoms with Crippen LogP contribution in [0.3, 0.4) is 0 Å². The highest BCUT2D eigenvalue weighted by molar-refractivity contribution is 7.89. The highest BCUT2D eigenvalue weighted by Crippen LogP contribution is 2.26. The van der Waals surface area contributed by atoms with Gasteiger partial charge >= 0.3 is 5.97 Å². The molecule has 34 heavy (non-hydrogen) atoms. The van der Waals surface area contributed by atoms with Gasteiger partial charge in [-0.15, -0.1) is 0 Å². The van der Waals surface area contributed by atoms with Crippen molar-refractivity contribution in [2.45, 2.75) is 44.4 Å². The zero-order valence-corrected chi connectivity index (χ0v) is 20.2. The molecule has 3 N–H and O–H groups in total. The fraction of sp³-hybridized carbons (Fsp3) is 0.320. The van der Waals surface area contributed by atoms with E-state index in [2.05, 4.69) is 12.2 Å². The number of sulfonamides is 1. The number of hydrogen-bond donors (Lipinski definition) is 2. The molecule has 0 aliphatic heterocycles. The van der Waals surface area contributed by atoms with Crippen molar-refractivity contribution in [1.82, 2.24) is 10.3 Å². The van der Waals surface area contributed by atoms with Gasteiger partial charge in [0.25, 0.3) is 5.91 Å². The Morgan fingerprint density at radius 3 is 2.38 bits per heavy atom. The van der Waals surface area contributed by atoms with E-state index in [1.54, 1.807) is 12.1 Å². The van der Waals surface area contributed by atoms with Crippen LogP contribution in [0.5, 0.6) is 0 Å². The maximum Gasteiger partial charge on any atom is 0.339 e. The van der Waals surface area contributed by atoms with Crippen molar-refractivity contribution in [2.24, 2.45) is 5.14 Å². The van der Waals surface area contributed by atoms with Gasteiger partial charge < -0.3 is 10.1 Å². The van der Waals surface area contributed by atoms with Gasteiger partial charge in [0.05, 0.1) is 16.0 Å². The Morgan fingerprint density at radius 1 is 1.03 bits per heavy atom. The molecular weight excluding hydrogens is 454 g/mol. The monoisotopic (exact) mass is 483 g/mol. The fourth-order valence-electron chi connectivity index (χ4n) is 3.81. The molecular formula is C25H29N3O5S. The van der Waals surface area contributed by atoms with Crippen molar-refractivity contribution < 1.29 is 22.7 Å². The molecule has 0 saturated carbocycles. The van der Waals surface area contributed by atoms with E-state index in [0.717, 1.165) is 35.2 Å². The number of para-hydroxylation sites is 1. The Morgan fingerprint density at radius 2 is 1.74 bits per heavy atom. The summed E-state index contributed by atoms with van der Waals surface area (Å²) in [5.41, 5.74) is 3.78. The van der Waals surface area contributed by atoms with E-state index in [1.165, 1.54) is 12.1 Å². The minimum absolute atomic E-state index is 0.0318. The number of ether oxygens (including phenoxy) is 1. The highest BCUT2D eigenvalue weighted by Gasteiger charge is 2.21. The van der Waals surface area contributed by atoms with Crippen molar-refractivity contribution in [1.29, 1.82) is 0 Å².